The summed E-state index contributed by atoms with van der Waals surface area (Å²) < 4.78 is 14.5. The molecule has 0 aliphatic carbocycles. The summed E-state index contributed by atoms with van der Waals surface area (Å²) in [4.78, 5) is 23.7. The molecule has 0 saturated carbocycles. The summed E-state index contributed by atoms with van der Waals surface area (Å²) in [6.07, 6.45) is 1.52. The largest absolute Gasteiger partial charge is 0.497 e. The number of ether oxygens (including phenoxy) is 3. The highest BCUT2D eigenvalue weighted by molar-refractivity contribution is 5.96. The van der Waals surface area contributed by atoms with Crippen molar-refractivity contribution in [2.45, 2.75) is 5.92 Å². The maximum Gasteiger partial charge on any atom is 0.321 e. The van der Waals surface area contributed by atoms with Crippen molar-refractivity contribution in [1.29, 1.82) is 0 Å². The molecule has 108 valence electrons. The minimum Gasteiger partial charge on any atom is -0.497 e. The molecule has 0 radical (unpaired) electrons. The second-order valence-corrected chi connectivity index (χ2v) is 4.06. The highest BCUT2D eigenvalue weighted by Gasteiger charge is 2.36. The molecule has 5 heteroatoms. The number of hydrogen-bond donors (Lipinski definition) is 0. The van der Waals surface area contributed by atoms with Gasteiger partial charge in [0.2, 0.25) is 0 Å². The first-order valence-corrected chi connectivity index (χ1v) is 6.01. The van der Waals surface area contributed by atoms with Crippen LogP contribution in [0.5, 0.6) is 5.75 Å². The molecule has 0 heterocycles. The molecule has 0 spiro atoms. The van der Waals surface area contributed by atoms with E-state index < -0.39 is 23.8 Å². The molecule has 0 aliphatic rings. The van der Waals surface area contributed by atoms with Gasteiger partial charge in [0.15, 0.2) is 5.92 Å². The molecule has 0 aliphatic heterocycles. The van der Waals surface area contributed by atoms with Gasteiger partial charge >= 0.3 is 11.9 Å². The van der Waals surface area contributed by atoms with E-state index in [0.29, 0.717) is 5.75 Å². The van der Waals surface area contributed by atoms with Crippen molar-refractivity contribution >= 4 is 11.9 Å². The van der Waals surface area contributed by atoms with Crippen LogP contribution in [0.15, 0.2) is 36.9 Å². The predicted octanol–water partition coefficient (Wildman–Crippen LogP) is 1.93. The fourth-order valence-electron chi connectivity index (χ4n) is 1.96. The monoisotopic (exact) mass is 278 g/mol. The van der Waals surface area contributed by atoms with Gasteiger partial charge in [-0.25, -0.2) is 0 Å². The molecule has 0 aromatic heterocycles. The maximum absolute atomic E-state index is 11.8. The smallest absolute Gasteiger partial charge is 0.321 e. The molecule has 1 rings (SSSR count). The quantitative estimate of drug-likeness (QED) is 0.452. The van der Waals surface area contributed by atoms with Crippen LogP contribution >= 0.6 is 0 Å². The van der Waals surface area contributed by atoms with Crippen LogP contribution in [0.2, 0.25) is 0 Å². The lowest BCUT2D eigenvalue weighted by atomic mass is 9.86. The molecular weight excluding hydrogens is 260 g/mol. The van der Waals surface area contributed by atoms with Crippen molar-refractivity contribution in [1.82, 2.24) is 0 Å². The minimum absolute atomic E-state index is 0.551. The van der Waals surface area contributed by atoms with E-state index in [-0.39, 0.29) is 0 Å². The van der Waals surface area contributed by atoms with E-state index >= 15 is 0 Å². The molecule has 1 aromatic rings. The first kappa shape index (κ1) is 15.8. The Labute approximate surface area is 118 Å². The van der Waals surface area contributed by atoms with Crippen molar-refractivity contribution in [3.8, 4) is 5.75 Å². The molecule has 0 unspecified atom stereocenters. The highest BCUT2D eigenvalue weighted by atomic mass is 16.5. The Morgan fingerprint density at radius 2 is 1.75 bits per heavy atom. The SMILES string of the molecule is C=C[C@@H](c1cccc(OC)c1)C(C(=O)OC)C(=O)OC. The Morgan fingerprint density at radius 1 is 1.15 bits per heavy atom. The van der Waals surface area contributed by atoms with Crippen LogP contribution in [-0.2, 0) is 19.1 Å². The van der Waals surface area contributed by atoms with E-state index in [1.807, 2.05) is 0 Å². The molecule has 5 nitrogen and oxygen atoms in total. The van der Waals surface area contributed by atoms with Gasteiger partial charge in [0.05, 0.1) is 21.3 Å². The van der Waals surface area contributed by atoms with Gasteiger partial charge < -0.3 is 14.2 Å². The lowest BCUT2D eigenvalue weighted by Crippen LogP contribution is -2.31. The van der Waals surface area contributed by atoms with Gasteiger partial charge in [0, 0.05) is 5.92 Å². The fraction of sp³-hybridized carbons (Fsp3) is 0.333. The summed E-state index contributed by atoms with van der Waals surface area (Å²) in [6.45, 7) is 3.69. The molecule has 20 heavy (non-hydrogen) atoms. The lowest BCUT2D eigenvalue weighted by molar-refractivity contribution is -0.159. The Kier molecular flexibility index (Phi) is 5.77. The van der Waals surface area contributed by atoms with Crippen LogP contribution in [-0.4, -0.2) is 33.3 Å². The van der Waals surface area contributed by atoms with Crippen LogP contribution in [0.4, 0.5) is 0 Å². The van der Waals surface area contributed by atoms with E-state index in [4.69, 9.17) is 4.74 Å². The van der Waals surface area contributed by atoms with Crippen LogP contribution < -0.4 is 4.74 Å². The second-order valence-electron chi connectivity index (χ2n) is 4.06. The third-order valence-corrected chi connectivity index (χ3v) is 3.00. The van der Waals surface area contributed by atoms with E-state index in [1.165, 1.54) is 20.3 Å². The number of methoxy groups -OCH3 is 3. The van der Waals surface area contributed by atoms with Crippen molar-refractivity contribution in [3.05, 3.63) is 42.5 Å². The lowest BCUT2D eigenvalue weighted by Gasteiger charge is -2.21. The van der Waals surface area contributed by atoms with E-state index in [1.54, 1.807) is 31.4 Å². The zero-order chi connectivity index (χ0) is 15.1. The van der Waals surface area contributed by atoms with Gasteiger partial charge in [-0.3, -0.25) is 9.59 Å². The summed E-state index contributed by atoms with van der Waals surface area (Å²) in [7, 11) is 3.99. The molecule has 0 saturated heterocycles. The van der Waals surface area contributed by atoms with Crippen LogP contribution in [0.3, 0.4) is 0 Å². The Morgan fingerprint density at radius 3 is 2.20 bits per heavy atom. The van der Waals surface area contributed by atoms with Gasteiger partial charge in [-0.1, -0.05) is 18.2 Å². The van der Waals surface area contributed by atoms with Crippen LogP contribution in [0.1, 0.15) is 11.5 Å². The summed E-state index contributed by atoms with van der Waals surface area (Å²) >= 11 is 0. The normalized spacial score (nSPS) is 11.6. The van der Waals surface area contributed by atoms with Gasteiger partial charge in [0.1, 0.15) is 5.75 Å². The number of allylic oxidation sites excluding steroid dienone is 1. The van der Waals surface area contributed by atoms with Crippen molar-refractivity contribution in [3.63, 3.8) is 0 Å². The fourth-order valence-corrected chi connectivity index (χ4v) is 1.96. The topological polar surface area (TPSA) is 61.8 Å². The van der Waals surface area contributed by atoms with Crippen LogP contribution in [0.25, 0.3) is 0 Å². The molecule has 0 fully saturated rings. The number of carbonyl (C=O) groups excluding carboxylic acids is 2. The number of benzene rings is 1. The number of hydrogen-bond acceptors (Lipinski definition) is 5. The number of carbonyl (C=O) groups is 2. The van der Waals surface area contributed by atoms with Gasteiger partial charge in [-0.2, -0.15) is 0 Å². The molecule has 0 amide bonds. The zero-order valence-electron chi connectivity index (χ0n) is 11.8. The van der Waals surface area contributed by atoms with Gasteiger partial charge in [-0.05, 0) is 17.7 Å². The second kappa shape index (κ2) is 7.33. The maximum atomic E-state index is 11.8. The zero-order valence-corrected chi connectivity index (χ0v) is 11.8. The Bertz CT molecular complexity index is 479. The van der Waals surface area contributed by atoms with Gasteiger partial charge in [-0.15, -0.1) is 6.58 Å². The first-order valence-electron chi connectivity index (χ1n) is 6.01. The summed E-state index contributed by atoms with van der Waals surface area (Å²) in [5.74, 6) is -2.34. The molecule has 1 aromatic carbocycles. The third-order valence-electron chi connectivity index (χ3n) is 3.00. The van der Waals surface area contributed by atoms with Gasteiger partial charge in [0.25, 0.3) is 0 Å². The molecule has 0 bridgehead atoms. The van der Waals surface area contributed by atoms with Crippen LogP contribution in [0, 0.1) is 5.92 Å². The van der Waals surface area contributed by atoms with Crippen molar-refractivity contribution in [2.24, 2.45) is 5.92 Å². The third kappa shape index (κ3) is 3.38. The molecular formula is C15H18O5. The average Bonchev–Trinajstić information content (AvgIpc) is 2.51. The summed E-state index contributed by atoms with van der Waals surface area (Å²) in [5.41, 5.74) is 0.722. The first-order chi connectivity index (χ1) is 9.58. The molecule has 1 atom stereocenters. The molecule has 0 N–H and O–H groups in total. The minimum atomic E-state index is -1.09. The Balaban J connectivity index is 3.21. The number of rotatable bonds is 6. The number of esters is 2. The predicted molar refractivity (Wildman–Crippen MR) is 73.5 cm³/mol. The summed E-state index contributed by atoms with van der Waals surface area (Å²) in [6, 6.07) is 7.07. The highest BCUT2D eigenvalue weighted by Crippen LogP contribution is 2.30. The standard InChI is InChI=1S/C15H18O5/c1-5-12(10-7-6-8-11(9-10)18-2)13(14(16)19-3)15(17)20-4/h5-9,12-13H,1H2,2-4H3/t12-/m0/s1. The van der Waals surface area contributed by atoms with Crippen molar-refractivity contribution < 1.29 is 23.8 Å². The van der Waals surface area contributed by atoms with Crippen molar-refractivity contribution in [2.75, 3.05) is 21.3 Å². The van der Waals surface area contributed by atoms with E-state index in [0.717, 1.165) is 5.56 Å². The average molecular weight is 278 g/mol. The summed E-state index contributed by atoms with van der Waals surface area (Å²) in [5, 5.41) is 0. The van der Waals surface area contributed by atoms with E-state index in [9.17, 15) is 9.59 Å². The van der Waals surface area contributed by atoms with E-state index in [2.05, 4.69) is 16.1 Å². The Hall–Kier alpha value is -2.30.